The molecule has 0 saturated heterocycles. The Kier molecular flexibility index (Phi) is 4.16. The van der Waals surface area contributed by atoms with Gasteiger partial charge in [-0.05, 0) is 31.0 Å². The van der Waals surface area contributed by atoms with Crippen molar-refractivity contribution in [3.63, 3.8) is 0 Å². The molecule has 3 heteroatoms. The van der Waals surface area contributed by atoms with Gasteiger partial charge in [0.1, 0.15) is 5.75 Å². The Bertz CT molecular complexity index is 319. The summed E-state index contributed by atoms with van der Waals surface area (Å²) in [6, 6.07) is 7.73. The van der Waals surface area contributed by atoms with E-state index in [1.54, 1.807) is 0 Å². The molecule has 0 radical (unpaired) electrons. The van der Waals surface area contributed by atoms with Gasteiger partial charge in [-0.3, -0.25) is 5.41 Å². The summed E-state index contributed by atoms with van der Waals surface area (Å²) in [7, 11) is 0. The highest BCUT2D eigenvalue weighted by Gasteiger charge is 2.01. The minimum absolute atomic E-state index is 0.186. The van der Waals surface area contributed by atoms with E-state index >= 15 is 0 Å². The van der Waals surface area contributed by atoms with Crippen LogP contribution in [0.5, 0.6) is 5.75 Å². The van der Waals surface area contributed by atoms with Crippen molar-refractivity contribution in [2.24, 2.45) is 5.73 Å². The van der Waals surface area contributed by atoms with Crippen LogP contribution in [0, 0.1) is 5.41 Å². The molecule has 0 fully saturated rings. The van der Waals surface area contributed by atoms with E-state index in [2.05, 4.69) is 6.92 Å². The summed E-state index contributed by atoms with van der Waals surface area (Å²) in [5, 5.41) is 7.17. The number of rotatable bonds is 5. The Labute approximate surface area is 90.8 Å². The van der Waals surface area contributed by atoms with E-state index in [-0.39, 0.29) is 11.9 Å². The average Bonchev–Trinajstić information content (AvgIpc) is 2.20. The lowest BCUT2D eigenvalue weighted by molar-refractivity contribution is 0.217. The van der Waals surface area contributed by atoms with E-state index in [1.807, 2.05) is 31.2 Å². The molecule has 0 aliphatic carbocycles. The Morgan fingerprint density at radius 2 is 2.00 bits per heavy atom. The number of nitrogens with two attached hydrogens (primary N) is 1. The quantitative estimate of drug-likeness (QED) is 0.574. The second-order valence-corrected chi connectivity index (χ2v) is 3.68. The van der Waals surface area contributed by atoms with Crippen molar-refractivity contribution < 1.29 is 4.74 Å². The van der Waals surface area contributed by atoms with E-state index in [0.717, 1.165) is 17.7 Å². The molecule has 1 atom stereocenters. The van der Waals surface area contributed by atoms with Crippen molar-refractivity contribution in [2.75, 3.05) is 0 Å². The zero-order valence-electron chi connectivity index (χ0n) is 9.29. The molecule has 1 aromatic rings. The maximum absolute atomic E-state index is 7.17. The third kappa shape index (κ3) is 4.02. The second kappa shape index (κ2) is 5.39. The van der Waals surface area contributed by atoms with Gasteiger partial charge in [0.15, 0.2) is 0 Å². The van der Waals surface area contributed by atoms with Crippen molar-refractivity contribution in [3.8, 4) is 5.75 Å². The van der Waals surface area contributed by atoms with Gasteiger partial charge in [-0.15, -0.1) is 0 Å². The minimum Gasteiger partial charge on any atom is -0.491 e. The van der Waals surface area contributed by atoms with Crippen molar-refractivity contribution in [1.82, 2.24) is 0 Å². The van der Waals surface area contributed by atoms with Crippen LogP contribution < -0.4 is 10.5 Å². The van der Waals surface area contributed by atoms with Gasteiger partial charge in [0, 0.05) is 6.42 Å². The monoisotopic (exact) mass is 206 g/mol. The zero-order valence-corrected chi connectivity index (χ0v) is 9.29. The number of amidine groups is 1. The van der Waals surface area contributed by atoms with Gasteiger partial charge in [0.25, 0.3) is 0 Å². The second-order valence-electron chi connectivity index (χ2n) is 3.68. The summed E-state index contributed by atoms with van der Waals surface area (Å²) in [6.07, 6.45) is 1.74. The summed E-state index contributed by atoms with van der Waals surface area (Å²) in [5.41, 5.74) is 6.36. The molecule has 1 unspecified atom stereocenters. The molecule has 1 aromatic carbocycles. The molecule has 0 saturated carbocycles. The highest BCUT2D eigenvalue weighted by molar-refractivity contribution is 5.79. The van der Waals surface area contributed by atoms with Crippen LogP contribution in [-0.2, 0) is 6.42 Å². The Morgan fingerprint density at radius 3 is 2.47 bits per heavy atom. The average molecular weight is 206 g/mol. The molecule has 0 amide bonds. The first-order valence-electron chi connectivity index (χ1n) is 5.20. The SMILES string of the molecule is CCC(C)Oc1ccc(CC(=N)N)cc1. The third-order valence-electron chi connectivity index (χ3n) is 2.23. The number of nitrogens with one attached hydrogen (secondary N) is 1. The summed E-state index contributed by atoms with van der Waals surface area (Å²) in [5.74, 6) is 1.06. The van der Waals surface area contributed by atoms with Gasteiger partial charge in [-0.25, -0.2) is 0 Å². The van der Waals surface area contributed by atoms with Gasteiger partial charge >= 0.3 is 0 Å². The molecule has 3 N–H and O–H groups in total. The van der Waals surface area contributed by atoms with E-state index < -0.39 is 0 Å². The van der Waals surface area contributed by atoms with Gasteiger partial charge in [0.2, 0.25) is 0 Å². The summed E-state index contributed by atoms with van der Waals surface area (Å²) < 4.78 is 5.64. The summed E-state index contributed by atoms with van der Waals surface area (Å²) in [6.45, 7) is 4.14. The molecule has 1 rings (SSSR count). The molecular formula is C12H18N2O. The van der Waals surface area contributed by atoms with Crippen LogP contribution in [0.2, 0.25) is 0 Å². The lowest BCUT2D eigenvalue weighted by atomic mass is 10.1. The zero-order chi connectivity index (χ0) is 11.3. The van der Waals surface area contributed by atoms with Crippen LogP contribution >= 0.6 is 0 Å². The highest BCUT2D eigenvalue weighted by atomic mass is 16.5. The first-order valence-corrected chi connectivity index (χ1v) is 5.20. The van der Waals surface area contributed by atoms with E-state index in [1.165, 1.54) is 0 Å². The summed E-state index contributed by atoms with van der Waals surface area (Å²) in [4.78, 5) is 0. The molecule has 0 aliphatic heterocycles. The van der Waals surface area contributed by atoms with Crippen LogP contribution in [0.3, 0.4) is 0 Å². The normalized spacial score (nSPS) is 12.1. The maximum atomic E-state index is 7.17. The molecule has 0 heterocycles. The van der Waals surface area contributed by atoms with E-state index in [0.29, 0.717) is 6.42 Å². The highest BCUT2D eigenvalue weighted by Crippen LogP contribution is 2.14. The third-order valence-corrected chi connectivity index (χ3v) is 2.23. The number of ether oxygens (including phenoxy) is 1. The predicted octanol–water partition coefficient (Wildman–Crippen LogP) is 2.34. The fraction of sp³-hybridized carbons (Fsp3) is 0.417. The molecule has 0 bridgehead atoms. The lowest BCUT2D eigenvalue weighted by Crippen LogP contribution is -2.13. The first kappa shape index (κ1) is 11.6. The molecule has 0 aliphatic rings. The first-order chi connectivity index (χ1) is 7.11. The smallest absolute Gasteiger partial charge is 0.119 e. The topological polar surface area (TPSA) is 59.1 Å². The van der Waals surface area contributed by atoms with Crippen LogP contribution in [0.25, 0.3) is 0 Å². The molecule has 3 nitrogen and oxygen atoms in total. The Morgan fingerprint density at radius 1 is 1.40 bits per heavy atom. The van der Waals surface area contributed by atoms with Crippen molar-refractivity contribution in [1.29, 1.82) is 5.41 Å². The Balaban J connectivity index is 2.60. The van der Waals surface area contributed by atoms with Gasteiger partial charge in [-0.1, -0.05) is 19.1 Å². The van der Waals surface area contributed by atoms with Crippen LogP contribution in [-0.4, -0.2) is 11.9 Å². The van der Waals surface area contributed by atoms with Crippen LogP contribution in [0.4, 0.5) is 0 Å². The Hall–Kier alpha value is -1.51. The predicted molar refractivity (Wildman–Crippen MR) is 62.4 cm³/mol. The van der Waals surface area contributed by atoms with E-state index in [4.69, 9.17) is 15.9 Å². The maximum Gasteiger partial charge on any atom is 0.119 e. The van der Waals surface area contributed by atoms with Crippen LogP contribution in [0.15, 0.2) is 24.3 Å². The minimum atomic E-state index is 0.186. The summed E-state index contributed by atoms with van der Waals surface area (Å²) >= 11 is 0. The van der Waals surface area contributed by atoms with E-state index in [9.17, 15) is 0 Å². The number of benzene rings is 1. The molecule has 0 aromatic heterocycles. The fourth-order valence-electron chi connectivity index (χ4n) is 1.22. The largest absolute Gasteiger partial charge is 0.491 e. The van der Waals surface area contributed by atoms with Crippen molar-refractivity contribution in [3.05, 3.63) is 29.8 Å². The standard InChI is InChI=1S/C12H18N2O/c1-3-9(2)15-11-6-4-10(5-7-11)8-12(13)14/h4-7,9H,3,8H2,1-2H3,(H3,13,14). The van der Waals surface area contributed by atoms with Crippen molar-refractivity contribution in [2.45, 2.75) is 32.8 Å². The number of hydrogen-bond donors (Lipinski definition) is 2. The molecule has 0 spiro atoms. The molecule has 15 heavy (non-hydrogen) atoms. The van der Waals surface area contributed by atoms with Crippen LogP contribution in [0.1, 0.15) is 25.8 Å². The molecular weight excluding hydrogens is 188 g/mol. The van der Waals surface area contributed by atoms with Gasteiger partial charge in [-0.2, -0.15) is 0 Å². The van der Waals surface area contributed by atoms with Crippen molar-refractivity contribution >= 4 is 5.84 Å². The fourth-order valence-corrected chi connectivity index (χ4v) is 1.22. The van der Waals surface area contributed by atoms with Gasteiger partial charge < -0.3 is 10.5 Å². The number of hydrogen-bond acceptors (Lipinski definition) is 2. The lowest BCUT2D eigenvalue weighted by Gasteiger charge is -2.12. The van der Waals surface area contributed by atoms with Gasteiger partial charge in [0.05, 0.1) is 11.9 Å². The molecule has 82 valence electrons.